The van der Waals surface area contributed by atoms with Crippen LogP contribution in [0.1, 0.15) is 50.8 Å². The lowest BCUT2D eigenvalue weighted by atomic mass is 9.80. The number of para-hydroxylation sites is 1. The Morgan fingerprint density at radius 1 is 0.867 bits per heavy atom. The standard InChI is InChI=1S/C28H32O2/c1-5-28(4,25-16-14-23(15-17-25)18-22(2)3)21-29-20-24-10-9-13-27(19-24)30-26-11-7-6-8-12-26/h6-19H,5,20-21H2,1-4H3. The second kappa shape index (κ2) is 10.3. The molecule has 3 aromatic rings. The fraction of sp³-hybridized carbons (Fsp3) is 0.286. The molecule has 3 rings (SSSR count). The van der Waals surface area contributed by atoms with E-state index in [2.05, 4.69) is 64.1 Å². The molecular weight excluding hydrogens is 368 g/mol. The highest BCUT2D eigenvalue weighted by atomic mass is 16.5. The summed E-state index contributed by atoms with van der Waals surface area (Å²) < 4.78 is 12.1. The van der Waals surface area contributed by atoms with E-state index in [9.17, 15) is 0 Å². The number of rotatable bonds is 9. The third kappa shape index (κ3) is 6.08. The van der Waals surface area contributed by atoms with Gasteiger partial charge in [-0.05, 0) is 61.2 Å². The lowest BCUT2D eigenvalue weighted by Gasteiger charge is -2.29. The Labute approximate surface area is 181 Å². The van der Waals surface area contributed by atoms with E-state index in [0.29, 0.717) is 13.2 Å². The minimum atomic E-state index is -0.0122. The molecule has 0 saturated heterocycles. The summed E-state index contributed by atoms with van der Waals surface area (Å²) in [6.07, 6.45) is 3.22. The van der Waals surface area contributed by atoms with Gasteiger partial charge in [-0.25, -0.2) is 0 Å². The molecule has 1 unspecified atom stereocenters. The maximum Gasteiger partial charge on any atom is 0.127 e. The summed E-state index contributed by atoms with van der Waals surface area (Å²) in [5.41, 5.74) is 4.97. The SMILES string of the molecule is CCC(C)(COCc1cccc(Oc2ccccc2)c1)c1ccc(C=C(C)C)cc1. The predicted octanol–water partition coefficient (Wildman–Crippen LogP) is 7.79. The molecule has 30 heavy (non-hydrogen) atoms. The Hall–Kier alpha value is -2.84. The van der Waals surface area contributed by atoms with Crippen LogP contribution < -0.4 is 4.74 Å². The molecule has 0 saturated carbocycles. The van der Waals surface area contributed by atoms with Crippen molar-refractivity contribution in [1.29, 1.82) is 0 Å². The lowest BCUT2D eigenvalue weighted by Crippen LogP contribution is -2.27. The topological polar surface area (TPSA) is 18.5 Å². The van der Waals surface area contributed by atoms with Gasteiger partial charge in [0, 0.05) is 5.41 Å². The molecular formula is C28H32O2. The third-order valence-corrected chi connectivity index (χ3v) is 5.41. The Morgan fingerprint density at radius 2 is 1.57 bits per heavy atom. The van der Waals surface area contributed by atoms with Gasteiger partial charge in [0.2, 0.25) is 0 Å². The van der Waals surface area contributed by atoms with Gasteiger partial charge in [-0.3, -0.25) is 0 Å². The molecule has 0 N–H and O–H groups in total. The van der Waals surface area contributed by atoms with E-state index in [-0.39, 0.29) is 5.41 Å². The Morgan fingerprint density at radius 3 is 2.23 bits per heavy atom. The molecule has 0 aromatic heterocycles. The maximum absolute atomic E-state index is 6.16. The van der Waals surface area contributed by atoms with Crippen LogP contribution in [0, 0.1) is 0 Å². The van der Waals surface area contributed by atoms with E-state index >= 15 is 0 Å². The van der Waals surface area contributed by atoms with Crippen LogP contribution >= 0.6 is 0 Å². The summed E-state index contributed by atoms with van der Waals surface area (Å²) >= 11 is 0. The van der Waals surface area contributed by atoms with Crippen LogP contribution in [0.5, 0.6) is 11.5 Å². The van der Waals surface area contributed by atoms with Crippen LogP contribution in [-0.4, -0.2) is 6.61 Å². The first-order valence-corrected chi connectivity index (χ1v) is 10.6. The smallest absolute Gasteiger partial charge is 0.127 e. The highest BCUT2D eigenvalue weighted by molar-refractivity contribution is 5.52. The van der Waals surface area contributed by atoms with Crippen LogP contribution in [0.25, 0.3) is 6.08 Å². The van der Waals surface area contributed by atoms with Crippen molar-refractivity contribution >= 4 is 6.08 Å². The molecule has 0 aliphatic rings. The van der Waals surface area contributed by atoms with Crippen molar-refractivity contribution in [2.45, 2.75) is 46.1 Å². The van der Waals surface area contributed by atoms with Crippen molar-refractivity contribution in [3.05, 3.63) is 101 Å². The van der Waals surface area contributed by atoms with Gasteiger partial charge in [0.25, 0.3) is 0 Å². The molecule has 0 aliphatic heterocycles. The van der Waals surface area contributed by atoms with Gasteiger partial charge >= 0.3 is 0 Å². The summed E-state index contributed by atoms with van der Waals surface area (Å²) in [5, 5.41) is 0. The molecule has 3 aromatic carbocycles. The first-order valence-electron chi connectivity index (χ1n) is 10.6. The fourth-order valence-electron chi connectivity index (χ4n) is 3.42. The van der Waals surface area contributed by atoms with Gasteiger partial charge in [-0.15, -0.1) is 0 Å². The van der Waals surface area contributed by atoms with Gasteiger partial charge in [-0.2, -0.15) is 0 Å². The first kappa shape index (κ1) is 21.9. The normalized spacial score (nSPS) is 12.8. The summed E-state index contributed by atoms with van der Waals surface area (Å²) in [7, 11) is 0. The van der Waals surface area contributed by atoms with Crippen LogP contribution in [0.2, 0.25) is 0 Å². The van der Waals surface area contributed by atoms with E-state index in [1.807, 2.05) is 48.5 Å². The van der Waals surface area contributed by atoms with Crippen LogP contribution in [-0.2, 0) is 16.8 Å². The van der Waals surface area contributed by atoms with Crippen molar-refractivity contribution in [3.63, 3.8) is 0 Å². The van der Waals surface area contributed by atoms with E-state index in [1.165, 1.54) is 16.7 Å². The Balaban J connectivity index is 1.61. The number of ether oxygens (including phenoxy) is 2. The van der Waals surface area contributed by atoms with Crippen molar-refractivity contribution < 1.29 is 9.47 Å². The van der Waals surface area contributed by atoms with E-state index in [1.54, 1.807) is 0 Å². The zero-order valence-electron chi connectivity index (χ0n) is 18.5. The van der Waals surface area contributed by atoms with Gasteiger partial charge in [-0.1, -0.05) is 80.1 Å². The summed E-state index contributed by atoms with van der Waals surface area (Å²) in [4.78, 5) is 0. The van der Waals surface area contributed by atoms with Crippen molar-refractivity contribution in [2.24, 2.45) is 0 Å². The molecule has 0 fully saturated rings. The second-order valence-corrected chi connectivity index (χ2v) is 8.31. The zero-order valence-corrected chi connectivity index (χ0v) is 18.5. The molecule has 0 heterocycles. The summed E-state index contributed by atoms with van der Waals surface area (Å²) in [6.45, 7) is 9.99. The van der Waals surface area contributed by atoms with E-state index in [0.717, 1.165) is 23.5 Å². The van der Waals surface area contributed by atoms with Crippen molar-refractivity contribution in [3.8, 4) is 11.5 Å². The Kier molecular flexibility index (Phi) is 7.48. The molecule has 0 aliphatic carbocycles. The summed E-state index contributed by atoms with van der Waals surface area (Å²) in [5.74, 6) is 1.67. The van der Waals surface area contributed by atoms with Gasteiger partial charge in [0.1, 0.15) is 11.5 Å². The summed E-state index contributed by atoms with van der Waals surface area (Å²) in [6, 6.07) is 26.8. The fourth-order valence-corrected chi connectivity index (χ4v) is 3.42. The molecule has 2 nitrogen and oxygen atoms in total. The largest absolute Gasteiger partial charge is 0.457 e. The van der Waals surface area contributed by atoms with Gasteiger partial charge in [0.15, 0.2) is 0 Å². The molecule has 0 radical (unpaired) electrons. The number of hydrogen-bond acceptors (Lipinski definition) is 2. The molecule has 2 heteroatoms. The van der Waals surface area contributed by atoms with Crippen LogP contribution in [0.15, 0.2) is 84.4 Å². The number of allylic oxidation sites excluding steroid dienone is 1. The quantitative estimate of drug-likeness (QED) is 0.365. The molecule has 156 valence electrons. The molecule has 0 bridgehead atoms. The number of hydrogen-bond donors (Lipinski definition) is 0. The van der Waals surface area contributed by atoms with Crippen LogP contribution in [0.3, 0.4) is 0 Å². The van der Waals surface area contributed by atoms with Crippen molar-refractivity contribution in [1.82, 2.24) is 0 Å². The molecule has 0 amide bonds. The lowest BCUT2D eigenvalue weighted by molar-refractivity contribution is 0.0747. The minimum absolute atomic E-state index is 0.0122. The third-order valence-electron chi connectivity index (χ3n) is 5.41. The average Bonchev–Trinajstić information content (AvgIpc) is 2.75. The second-order valence-electron chi connectivity index (χ2n) is 8.31. The maximum atomic E-state index is 6.16. The number of benzene rings is 3. The van der Waals surface area contributed by atoms with Gasteiger partial charge < -0.3 is 9.47 Å². The van der Waals surface area contributed by atoms with Crippen molar-refractivity contribution in [2.75, 3.05) is 6.61 Å². The molecule has 0 spiro atoms. The highest BCUT2D eigenvalue weighted by Gasteiger charge is 2.24. The minimum Gasteiger partial charge on any atom is -0.457 e. The average molecular weight is 401 g/mol. The molecule has 1 atom stereocenters. The monoisotopic (exact) mass is 400 g/mol. The van der Waals surface area contributed by atoms with Gasteiger partial charge in [0.05, 0.1) is 13.2 Å². The zero-order chi connectivity index (χ0) is 21.4. The predicted molar refractivity (Wildman–Crippen MR) is 126 cm³/mol. The Bertz CT molecular complexity index is 953. The van der Waals surface area contributed by atoms with E-state index in [4.69, 9.17) is 9.47 Å². The first-order chi connectivity index (χ1) is 14.5. The highest BCUT2D eigenvalue weighted by Crippen LogP contribution is 2.29. The van der Waals surface area contributed by atoms with Crippen LogP contribution in [0.4, 0.5) is 0 Å². The van der Waals surface area contributed by atoms with E-state index < -0.39 is 0 Å².